The highest BCUT2D eigenvalue weighted by Crippen LogP contribution is 2.23. The molecule has 1 atom stereocenters. The summed E-state index contributed by atoms with van der Waals surface area (Å²) < 4.78 is 13.6. The minimum Gasteiger partial charge on any atom is -0.386 e. The van der Waals surface area contributed by atoms with Crippen molar-refractivity contribution in [1.82, 2.24) is 0 Å². The molecule has 0 aliphatic rings. The van der Waals surface area contributed by atoms with E-state index in [1.807, 2.05) is 0 Å². The molecule has 1 unspecified atom stereocenters. The molecule has 1 amide bonds. The fraction of sp³-hybridized carbons (Fsp3) is 0.133. The number of anilines is 1. The van der Waals surface area contributed by atoms with E-state index < -0.39 is 22.8 Å². The zero-order valence-electron chi connectivity index (χ0n) is 11.9. The lowest BCUT2D eigenvalue weighted by Gasteiger charge is -2.15. The number of carbonyl (C=O) groups is 1. The van der Waals surface area contributed by atoms with Crippen molar-refractivity contribution in [2.75, 3.05) is 11.9 Å². The third-order valence-electron chi connectivity index (χ3n) is 3.23. The maximum atomic E-state index is 13.6. The minimum absolute atomic E-state index is 0.0834. The van der Waals surface area contributed by atoms with Gasteiger partial charge in [0.25, 0.3) is 11.6 Å². The Morgan fingerprint density at radius 3 is 2.65 bits per heavy atom. The lowest BCUT2D eigenvalue weighted by molar-refractivity contribution is -0.384. The number of aliphatic hydroxyl groups is 1. The van der Waals surface area contributed by atoms with Crippen LogP contribution in [-0.4, -0.2) is 22.5 Å². The number of aliphatic hydroxyl groups excluding tert-OH is 1. The Balaban J connectivity index is 2.18. The van der Waals surface area contributed by atoms with Gasteiger partial charge >= 0.3 is 0 Å². The van der Waals surface area contributed by atoms with E-state index >= 15 is 0 Å². The van der Waals surface area contributed by atoms with Gasteiger partial charge in [-0.05, 0) is 12.1 Å². The highest BCUT2D eigenvalue weighted by molar-refractivity contribution is 5.99. The molecule has 0 spiro atoms. The third kappa shape index (κ3) is 3.80. The van der Waals surface area contributed by atoms with E-state index in [-0.39, 0.29) is 29.0 Å². The summed E-state index contributed by atoms with van der Waals surface area (Å²) in [5.41, 5.74) is 5.16. The van der Waals surface area contributed by atoms with Crippen molar-refractivity contribution in [3.63, 3.8) is 0 Å². The smallest absolute Gasteiger partial charge is 0.270 e. The van der Waals surface area contributed by atoms with Gasteiger partial charge in [0.1, 0.15) is 5.82 Å². The number of nitro benzene ring substituents is 1. The molecule has 120 valence electrons. The van der Waals surface area contributed by atoms with Gasteiger partial charge in [-0.15, -0.1) is 0 Å². The number of nitrogens with one attached hydrogen (secondary N) is 1. The van der Waals surface area contributed by atoms with Crippen molar-refractivity contribution in [1.29, 1.82) is 0 Å². The number of hydrogen-bond acceptors (Lipinski definition) is 5. The average molecular weight is 319 g/mol. The molecule has 0 aliphatic heterocycles. The maximum Gasteiger partial charge on any atom is 0.270 e. The van der Waals surface area contributed by atoms with Crippen LogP contribution in [0.4, 0.5) is 15.8 Å². The first kappa shape index (κ1) is 16.4. The number of primary amides is 1. The second kappa shape index (κ2) is 6.84. The van der Waals surface area contributed by atoms with Gasteiger partial charge in [0.2, 0.25) is 0 Å². The average Bonchev–Trinajstić information content (AvgIpc) is 2.52. The van der Waals surface area contributed by atoms with Gasteiger partial charge < -0.3 is 16.2 Å². The molecule has 2 aromatic carbocycles. The number of halogens is 1. The van der Waals surface area contributed by atoms with Crippen LogP contribution in [0.15, 0.2) is 42.5 Å². The van der Waals surface area contributed by atoms with Crippen LogP contribution in [-0.2, 0) is 0 Å². The third-order valence-corrected chi connectivity index (χ3v) is 3.23. The summed E-state index contributed by atoms with van der Waals surface area (Å²) in [7, 11) is 0. The number of amides is 1. The Morgan fingerprint density at radius 2 is 2.04 bits per heavy atom. The number of hydrogen-bond donors (Lipinski definition) is 3. The highest BCUT2D eigenvalue weighted by atomic mass is 19.1. The van der Waals surface area contributed by atoms with Crippen molar-refractivity contribution in [3.05, 3.63) is 69.5 Å². The summed E-state index contributed by atoms with van der Waals surface area (Å²) in [4.78, 5) is 21.5. The summed E-state index contributed by atoms with van der Waals surface area (Å²) in [5, 5.41) is 23.5. The lowest BCUT2D eigenvalue weighted by Crippen LogP contribution is -2.18. The van der Waals surface area contributed by atoms with Crippen LogP contribution in [0.3, 0.4) is 0 Å². The van der Waals surface area contributed by atoms with Crippen LogP contribution in [0.2, 0.25) is 0 Å². The topological polar surface area (TPSA) is 118 Å². The van der Waals surface area contributed by atoms with Gasteiger partial charge in [0.15, 0.2) is 0 Å². The van der Waals surface area contributed by atoms with E-state index in [4.69, 9.17) is 5.73 Å². The molecule has 0 radical (unpaired) electrons. The largest absolute Gasteiger partial charge is 0.386 e. The van der Waals surface area contributed by atoms with E-state index in [0.717, 1.165) is 6.07 Å². The zero-order valence-corrected chi connectivity index (χ0v) is 11.9. The molecule has 0 aromatic heterocycles. The normalized spacial score (nSPS) is 11.7. The molecule has 0 fully saturated rings. The van der Waals surface area contributed by atoms with E-state index in [0.29, 0.717) is 0 Å². The number of rotatable bonds is 6. The molecule has 7 nitrogen and oxygen atoms in total. The first-order chi connectivity index (χ1) is 10.9. The van der Waals surface area contributed by atoms with Crippen molar-refractivity contribution in [2.24, 2.45) is 5.73 Å². The van der Waals surface area contributed by atoms with Crippen LogP contribution in [0.25, 0.3) is 0 Å². The van der Waals surface area contributed by atoms with Gasteiger partial charge in [-0.2, -0.15) is 0 Å². The molecule has 2 rings (SSSR count). The standard InChI is InChI=1S/C15H14FN3O4/c16-12-4-2-1-3-10(12)14(20)8-18-13-6-5-9(19(22)23)7-11(13)15(17)21/h1-7,14,18,20H,8H2,(H2,17,21). The predicted octanol–water partition coefficient (Wildman–Crippen LogP) is 1.98. The highest BCUT2D eigenvalue weighted by Gasteiger charge is 2.17. The molecule has 0 aliphatic carbocycles. The maximum absolute atomic E-state index is 13.6. The van der Waals surface area contributed by atoms with Crippen LogP contribution in [0.5, 0.6) is 0 Å². The van der Waals surface area contributed by atoms with Crippen LogP contribution in [0, 0.1) is 15.9 Å². The molecule has 4 N–H and O–H groups in total. The molecular formula is C15H14FN3O4. The Labute approximate surface area is 130 Å². The van der Waals surface area contributed by atoms with Gasteiger partial charge in [-0.25, -0.2) is 4.39 Å². The molecule has 0 heterocycles. The van der Waals surface area contributed by atoms with E-state index in [2.05, 4.69) is 5.32 Å². The zero-order chi connectivity index (χ0) is 17.0. The SMILES string of the molecule is NC(=O)c1cc([N+](=O)[O-])ccc1NCC(O)c1ccccc1F. The first-order valence-corrected chi connectivity index (χ1v) is 6.64. The van der Waals surface area contributed by atoms with Gasteiger partial charge in [-0.3, -0.25) is 14.9 Å². The van der Waals surface area contributed by atoms with Crippen molar-refractivity contribution in [2.45, 2.75) is 6.10 Å². The second-order valence-corrected chi connectivity index (χ2v) is 4.77. The number of nitro groups is 1. The summed E-state index contributed by atoms with van der Waals surface area (Å²) in [6.07, 6.45) is -1.16. The molecular weight excluding hydrogens is 305 g/mol. The Kier molecular flexibility index (Phi) is 4.87. The molecule has 23 heavy (non-hydrogen) atoms. The number of benzene rings is 2. The summed E-state index contributed by atoms with van der Waals surface area (Å²) in [6.45, 7) is -0.0982. The summed E-state index contributed by atoms with van der Waals surface area (Å²) in [6, 6.07) is 9.30. The first-order valence-electron chi connectivity index (χ1n) is 6.64. The molecule has 2 aromatic rings. The quantitative estimate of drug-likeness (QED) is 0.555. The van der Waals surface area contributed by atoms with E-state index in [1.54, 1.807) is 6.07 Å². The van der Waals surface area contributed by atoms with Gasteiger partial charge in [-0.1, -0.05) is 18.2 Å². The molecule has 0 bridgehead atoms. The Morgan fingerprint density at radius 1 is 1.35 bits per heavy atom. The Bertz CT molecular complexity index is 751. The van der Waals surface area contributed by atoms with Crippen molar-refractivity contribution < 1.29 is 19.2 Å². The summed E-state index contributed by atoms with van der Waals surface area (Å²) >= 11 is 0. The van der Waals surface area contributed by atoms with Crippen molar-refractivity contribution in [3.8, 4) is 0 Å². The second-order valence-electron chi connectivity index (χ2n) is 4.77. The number of nitrogens with zero attached hydrogens (tertiary/aromatic N) is 1. The van der Waals surface area contributed by atoms with E-state index in [1.165, 1.54) is 30.3 Å². The molecule has 0 saturated heterocycles. The lowest BCUT2D eigenvalue weighted by atomic mass is 10.1. The fourth-order valence-electron chi connectivity index (χ4n) is 2.07. The summed E-state index contributed by atoms with van der Waals surface area (Å²) in [5.74, 6) is -1.41. The fourth-order valence-corrected chi connectivity index (χ4v) is 2.07. The van der Waals surface area contributed by atoms with Crippen LogP contribution in [0.1, 0.15) is 22.0 Å². The molecule has 8 heteroatoms. The van der Waals surface area contributed by atoms with Gasteiger partial charge in [0, 0.05) is 29.9 Å². The van der Waals surface area contributed by atoms with E-state index in [9.17, 15) is 24.4 Å². The minimum atomic E-state index is -1.16. The predicted molar refractivity (Wildman–Crippen MR) is 81.5 cm³/mol. The number of non-ortho nitro benzene ring substituents is 1. The van der Waals surface area contributed by atoms with Crippen LogP contribution < -0.4 is 11.1 Å². The molecule has 0 saturated carbocycles. The monoisotopic (exact) mass is 319 g/mol. The van der Waals surface area contributed by atoms with Gasteiger partial charge in [0.05, 0.1) is 16.6 Å². The van der Waals surface area contributed by atoms with Crippen molar-refractivity contribution >= 4 is 17.3 Å². The number of nitrogens with two attached hydrogens (primary N) is 1. The van der Waals surface area contributed by atoms with Crippen LogP contribution >= 0.6 is 0 Å². The number of carbonyl (C=O) groups excluding carboxylic acids is 1. The Hall–Kier alpha value is -3.00.